The number of hydrogen-bond acceptors (Lipinski definition) is 4. The number of benzene rings is 2. The number of aromatic nitrogens is 1. The van der Waals surface area contributed by atoms with E-state index in [1.165, 1.54) is 17.4 Å². The molecule has 1 amide bonds. The molecule has 0 saturated carbocycles. The summed E-state index contributed by atoms with van der Waals surface area (Å²) in [6.07, 6.45) is 5.65. The molecule has 0 aliphatic carbocycles. The maximum absolute atomic E-state index is 13.3. The predicted octanol–water partition coefficient (Wildman–Crippen LogP) is 4.87. The maximum Gasteiger partial charge on any atom is 0.225 e. The number of amides is 1. The van der Waals surface area contributed by atoms with E-state index in [2.05, 4.69) is 34.1 Å². The van der Waals surface area contributed by atoms with Crippen LogP contribution in [-0.4, -0.2) is 65.7 Å². The largest absolute Gasteiger partial charge is 0.491 e. The summed E-state index contributed by atoms with van der Waals surface area (Å²) in [5.74, 6) is 0.890. The molecule has 5 rings (SSSR count). The first-order chi connectivity index (χ1) is 16.6. The van der Waals surface area contributed by atoms with E-state index in [1.807, 2.05) is 35.4 Å². The van der Waals surface area contributed by atoms with Gasteiger partial charge < -0.3 is 19.4 Å². The molecule has 6 nitrogen and oxygen atoms in total. The molecule has 1 unspecified atom stereocenters. The Hall–Kier alpha value is -2.54. The number of halogens is 1. The molecule has 7 heteroatoms. The molecule has 1 N–H and O–H groups in total. The van der Waals surface area contributed by atoms with Gasteiger partial charge in [-0.3, -0.25) is 9.69 Å². The van der Waals surface area contributed by atoms with E-state index in [0.29, 0.717) is 31.2 Å². The predicted molar refractivity (Wildman–Crippen MR) is 134 cm³/mol. The fraction of sp³-hybridized carbons (Fsp3) is 0.444. The second-order valence-corrected chi connectivity index (χ2v) is 9.94. The summed E-state index contributed by atoms with van der Waals surface area (Å²) in [5.41, 5.74) is 1.69. The van der Waals surface area contributed by atoms with Crippen LogP contribution in [0, 0.1) is 0 Å². The number of hydrogen-bond donors (Lipinski definition) is 1. The van der Waals surface area contributed by atoms with Crippen LogP contribution in [0.3, 0.4) is 0 Å². The molecule has 2 fully saturated rings. The lowest BCUT2D eigenvalue weighted by molar-refractivity contribution is -0.157. The van der Waals surface area contributed by atoms with Gasteiger partial charge in [-0.2, -0.15) is 0 Å². The maximum atomic E-state index is 13.3. The average molecular weight is 482 g/mol. The van der Waals surface area contributed by atoms with Gasteiger partial charge in [0.1, 0.15) is 18.0 Å². The highest BCUT2D eigenvalue weighted by Crippen LogP contribution is 2.28. The third-order valence-corrected chi connectivity index (χ3v) is 7.10. The van der Waals surface area contributed by atoms with Gasteiger partial charge in [-0.15, -0.1) is 0 Å². The standard InChI is InChI=1S/C27H32ClN3O3/c28-23-6-8-24(9-7-23)33-20-27(17-26(32)31-12-2-1-3-13-31)19-30(14-15-34-27)18-21-4-5-22-10-11-29-25(22)16-21/h4-11,16,29H,1-3,12-15,17-20H2. The minimum Gasteiger partial charge on any atom is -0.491 e. The number of carbonyl (C=O) groups excluding carboxylic acids is 1. The lowest BCUT2D eigenvalue weighted by atomic mass is 9.95. The first-order valence-corrected chi connectivity index (χ1v) is 12.5. The van der Waals surface area contributed by atoms with Crippen LogP contribution in [0.4, 0.5) is 0 Å². The van der Waals surface area contributed by atoms with Crippen molar-refractivity contribution in [3.63, 3.8) is 0 Å². The summed E-state index contributed by atoms with van der Waals surface area (Å²) in [5, 5.41) is 1.88. The van der Waals surface area contributed by atoms with Gasteiger partial charge in [0.05, 0.1) is 13.0 Å². The van der Waals surface area contributed by atoms with Crippen molar-refractivity contribution in [3.05, 3.63) is 65.3 Å². The van der Waals surface area contributed by atoms with Crippen LogP contribution >= 0.6 is 11.6 Å². The van der Waals surface area contributed by atoms with E-state index in [-0.39, 0.29) is 5.91 Å². The number of nitrogens with one attached hydrogen (secondary N) is 1. The summed E-state index contributed by atoms with van der Waals surface area (Å²) < 4.78 is 12.5. The zero-order valence-electron chi connectivity index (χ0n) is 19.5. The lowest BCUT2D eigenvalue weighted by Gasteiger charge is -2.43. The van der Waals surface area contributed by atoms with Gasteiger partial charge in [-0.05, 0) is 66.6 Å². The Morgan fingerprint density at radius 1 is 1.06 bits per heavy atom. The summed E-state index contributed by atoms with van der Waals surface area (Å²) in [6, 6.07) is 16.0. The van der Waals surface area contributed by atoms with E-state index in [9.17, 15) is 4.79 Å². The first kappa shape index (κ1) is 23.2. The minimum atomic E-state index is -0.692. The molecule has 34 heavy (non-hydrogen) atoms. The lowest BCUT2D eigenvalue weighted by Crippen LogP contribution is -2.57. The Kier molecular flexibility index (Phi) is 7.09. The van der Waals surface area contributed by atoms with Crippen LogP contribution in [0.25, 0.3) is 10.9 Å². The van der Waals surface area contributed by atoms with Gasteiger partial charge in [0.25, 0.3) is 0 Å². The first-order valence-electron chi connectivity index (χ1n) is 12.2. The third-order valence-electron chi connectivity index (χ3n) is 6.85. The monoisotopic (exact) mass is 481 g/mol. The molecule has 180 valence electrons. The molecule has 0 bridgehead atoms. The Labute approximate surface area is 205 Å². The molecule has 1 atom stereocenters. The fourth-order valence-electron chi connectivity index (χ4n) is 5.03. The van der Waals surface area contributed by atoms with Crippen LogP contribution in [0.15, 0.2) is 54.7 Å². The van der Waals surface area contributed by atoms with Crippen molar-refractivity contribution in [2.24, 2.45) is 0 Å². The molecule has 2 aromatic carbocycles. The topological polar surface area (TPSA) is 57.8 Å². The molecule has 0 spiro atoms. The van der Waals surface area contributed by atoms with Crippen molar-refractivity contribution in [3.8, 4) is 5.75 Å². The molecule has 2 aliphatic heterocycles. The SMILES string of the molecule is O=C(CC1(COc2ccc(Cl)cc2)CN(Cc2ccc3cc[nH]c3c2)CCO1)N1CCCCC1. The number of rotatable bonds is 7. The Balaban J connectivity index is 1.32. The van der Waals surface area contributed by atoms with Crippen molar-refractivity contribution in [2.45, 2.75) is 37.8 Å². The van der Waals surface area contributed by atoms with Gasteiger partial charge in [0, 0.05) is 49.5 Å². The minimum absolute atomic E-state index is 0.161. The average Bonchev–Trinajstić information content (AvgIpc) is 3.32. The number of likely N-dealkylation sites (tertiary alicyclic amines) is 1. The molecular weight excluding hydrogens is 450 g/mol. The van der Waals surface area contributed by atoms with Crippen LogP contribution < -0.4 is 4.74 Å². The molecule has 3 heterocycles. The smallest absolute Gasteiger partial charge is 0.225 e. The normalized spacial score (nSPS) is 21.6. The third kappa shape index (κ3) is 5.57. The molecule has 0 radical (unpaired) electrons. The molecule has 2 saturated heterocycles. The Morgan fingerprint density at radius 3 is 2.71 bits per heavy atom. The van der Waals surface area contributed by atoms with Gasteiger partial charge in [0.15, 0.2) is 0 Å². The molecule has 1 aromatic heterocycles. The van der Waals surface area contributed by atoms with Crippen molar-refractivity contribution < 1.29 is 14.3 Å². The Bertz CT molecular complexity index is 1110. The molecular formula is C27H32ClN3O3. The van der Waals surface area contributed by atoms with E-state index in [1.54, 1.807) is 0 Å². The van der Waals surface area contributed by atoms with E-state index in [0.717, 1.165) is 50.3 Å². The van der Waals surface area contributed by atoms with Crippen molar-refractivity contribution in [1.82, 2.24) is 14.8 Å². The number of fused-ring (bicyclic) bond motifs is 1. The summed E-state index contributed by atoms with van der Waals surface area (Å²) in [4.78, 5) is 20.9. The van der Waals surface area contributed by atoms with E-state index >= 15 is 0 Å². The molecule has 3 aromatic rings. The van der Waals surface area contributed by atoms with E-state index < -0.39 is 5.60 Å². The zero-order chi connectivity index (χ0) is 23.4. The second-order valence-electron chi connectivity index (χ2n) is 9.50. The highest BCUT2D eigenvalue weighted by atomic mass is 35.5. The van der Waals surface area contributed by atoms with Crippen LogP contribution in [0.1, 0.15) is 31.2 Å². The number of piperidine rings is 1. The van der Waals surface area contributed by atoms with Gasteiger partial charge in [-0.25, -0.2) is 0 Å². The zero-order valence-corrected chi connectivity index (χ0v) is 20.2. The number of carbonyl (C=O) groups is 1. The number of aromatic amines is 1. The van der Waals surface area contributed by atoms with Gasteiger partial charge in [-0.1, -0.05) is 23.7 Å². The van der Waals surface area contributed by atoms with Crippen molar-refractivity contribution in [1.29, 1.82) is 0 Å². The number of H-pyrrole nitrogens is 1. The second kappa shape index (κ2) is 10.4. The highest BCUT2D eigenvalue weighted by molar-refractivity contribution is 6.30. The van der Waals surface area contributed by atoms with Crippen LogP contribution in [-0.2, 0) is 16.1 Å². The van der Waals surface area contributed by atoms with Crippen molar-refractivity contribution >= 4 is 28.4 Å². The quantitative estimate of drug-likeness (QED) is 0.523. The van der Waals surface area contributed by atoms with Crippen LogP contribution in [0.2, 0.25) is 5.02 Å². The Morgan fingerprint density at radius 2 is 1.88 bits per heavy atom. The summed E-state index contributed by atoms with van der Waals surface area (Å²) in [6.45, 7) is 4.84. The van der Waals surface area contributed by atoms with E-state index in [4.69, 9.17) is 21.1 Å². The van der Waals surface area contributed by atoms with Crippen molar-refractivity contribution in [2.75, 3.05) is 39.4 Å². The number of morpholine rings is 1. The summed E-state index contributed by atoms with van der Waals surface area (Å²) >= 11 is 6.03. The van der Waals surface area contributed by atoms with Gasteiger partial charge in [0.2, 0.25) is 5.91 Å². The number of ether oxygens (including phenoxy) is 2. The highest BCUT2D eigenvalue weighted by Gasteiger charge is 2.41. The fourth-order valence-corrected chi connectivity index (χ4v) is 5.16. The summed E-state index contributed by atoms with van der Waals surface area (Å²) in [7, 11) is 0. The van der Waals surface area contributed by atoms with Crippen LogP contribution in [0.5, 0.6) is 5.75 Å². The molecule has 2 aliphatic rings. The van der Waals surface area contributed by atoms with Gasteiger partial charge >= 0.3 is 0 Å². The number of nitrogens with zero attached hydrogens (tertiary/aromatic N) is 2.